The number of ether oxygens (including phenoxy) is 3. The Balaban J connectivity index is 3.11. The molecule has 0 unspecified atom stereocenters. The zero-order valence-corrected chi connectivity index (χ0v) is 9.74. The second-order valence-electron chi connectivity index (χ2n) is 3.15. The molecule has 16 heavy (non-hydrogen) atoms. The third-order valence-electron chi connectivity index (χ3n) is 2.28. The Morgan fingerprint density at radius 3 is 2.06 bits per heavy atom. The van der Waals surface area contributed by atoms with Crippen molar-refractivity contribution >= 4 is 0 Å². The fourth-order valence-electron chi connectivity index (χ4n) is 1.46. The second-order valence-corrected chi connectivity index (χ2v) is 3.15. The summed E-state index contributed by atoms with van der Waals surface area (Å²) in [6.07, 6.45) is 0.646. The zero-order chi connectivity index (χ0) is 12.0. The SMILES string of the molecule is [C-]#[N+]CCc1cc(OC)c(OC)cc1OC. The van der Waals surface area contributed by atoms with Gasteiger partial charge in [0.1, 0.15) is 5.75 Å². The molecule has 0 N–H and O–H groups in total. The van der Waals surface area contributed by atoms with Crippen LogP contribution in [-0.4, -0.2) is 27.9 Å². The van der Waals surface area contributed by atoms with Crippen molar-refractivity contribution in [3.63, 3.8) is 0 Å². The van der Waals surface area contributed by atoms with Crippen molar-refractivity contribution in [2.24, 2.45) is 0 Å². The van der Waals surface area contributed by atoms with Gasteiger partial charge < -0.3 is 19.1 Å². The van der Waals surface area contributed by atoms with Crippen LogP contribution in [-0.2, 0) is 6.42 Å². The van der Waals surface area contributed by atoms with Gasteiger partial charge in [-0.15, -0.1) is 0 Å². The van der Waals surface area contributed by atoms with Crippen LogP contribution in [0.1, 0.15) is 5.56 Å². The Kier molecular flexibility index (Phi) is 4.46. The third kappa shape index (κ3) is 2.57. The summed E-state index contributed by atoms with van der Waals surface area (Å²) in [7, 11) is 4.77. The Bertz CT molecular complexity index is 396. The van der Waals surface area contributed by atoms with Gasteiger partial charge in [0.2, 0.25) is 6.54 Å². The summed E-state index contributed by atoms with van der Waals surface area (Å²) >= 11 is 0. The first-order valence-corrected chi connectivity index (χ1v) is 4.89. The summed E-state index contributed by atoms with van der Waals surface area (Å²) in [5, 5.41) is 0. The van der Waals surface area contributed by atoms with Gasteiger partial charge in [0.15, 0.2) is 11.5 Å². The number of hydrogen-bond acceptors (Lipinski definition) is 3. The van der Waals surface area contributed by atoms with Crippen LogP contribution in [0.2, 0.25) is 0 Å². The Hall–Kier alpha value is -1.89. The summed E-state index contributed by atoms with van der Waals surface area (Å²) in [6.45, 7) is 7.22. The monoisotopic (exact) mass is 221 g/mol. The van der Waals surface area contributed by atoms with E-state index in [1.165, 1.54) is 0 Å². The molecule has 0 spiro atoms. The average molecular weight is 221 g/mol. The highest BCUT2D eigenvalue weighted by molar-refractivity contribution is 5.50. The smallest absolute Gasteiger partial charge is 0.218 e. The van der Waals surface area contributed by atoms with Gasteiger partial charge in [-0.1, -0.05) is 0 Å². The van der Waals surface area contributed by atoms with Crippen LogP contribution in [0.25, 0.3) is 4.85 Å². The van der Waals surface area contributed by atoms with Crippen LogP contribution >= 0.6 is 0 Å². The van der Waals surface area contributed by atoms with Gasteiger partial charge in [-0.25, -0.2) is 6.57 Å². The Morgan fingerprint density at radius 2 is 1.56 bits per heavy atom. The Labute approximate surface area is 95.6 Å². The maximum Gasteiger partial charge on any atom is 0.218 e. The van der Waals surface area contributed by atoms with Crippen LogP contribution in [0, 0.1) is 6.57 Å². The van der Waals surface area contributed by atoms with Crippen molar-refractivity contribution in [1.82, 2.24) is 0 Å². The molecule has 4 nitrogen and oxygen atoms in total. The minimum atomic E-state index is 0.436. The van der Waals surface area contributed by atoms with Crippen molar-refractivity contribution in [2.45, 2.75) is 6.42 Å². The van der Waals surface area contributed by atoms with Gasteiger partial charge in [-0.05, 0) is 6.07 Å². The lowest BCUT2D eigenvalue weighted by molar-refractivity contribution is 0.347. The first-order valence-electron chi connectivity index (χ1n) is 4.89. The van der Waals surface area contributed by atoms with Gasteiger partial charge in [0, 0.05) is 18.1 Å². The molecule has 86 valence electrons. The van der Waals surface area contributed by atoms with Crippen molar-refractivity contribution in [3.05, 3.63) is 29.1 Å². The van der Waals surface area contributed by atoms with Crippen LogP contribution in [0.15, 0.2) is 12.1 Å². The van der Waals surface area contributed by atoms with Crippen molar-refractivity contribution in [3.8, 4) is 17.2 Å². The highest BCUT2D eigenvalue weighted by Crippen LogP contribution is 2.34. The molecule has 0 aliphatic carbocycles. The molecular formula is C12H15NO3. The number of rotatable bonds is 5. The van der Waals surface area contributed by atoms with E-state index >= 15 is 0 Å². The molecular weight excluding hydrogens is 206 g/mol. The van der Waals surface area contributed by atoms with Crippen LogP contribution in [0.3, 0.4) is 0 Å². The number of methoxy groups -OCH3 is 3. The molecule has 0 bridgehead atoms. The molecule has 0 radical (unpaired) electrons. The molecule has 0 fully saturated rings. The standard InChI is InChI=1S/C12H15NO3/c1-13-6-5-9-7-11(15-3)12(16-4)8-10(9)14-2/h7-8H,5-6H2,2-4H3. The van der Waals surface area contributed by atoms with Gasteiger partial charge >= 0.3 is 0 Å². The predicted molar refractivity (Wildman–Crippen MR) is 61.3 cm³/mol. The first kappa shape index (κ1) is 12.2. The fraction of sp³-hybridized carbons (Fsp3) is 0.417. The second kappa shape index (κ2) is 5.86. The Morgan fingerprint density at radius 1 is 1.00 bits per heavy atom. The number of benzene rings is 1. The molecule has 0 saturated carbocycles. The van der Waals surface area contributed by atoms with E-state index in [4.69, 9.17) is 20.8 Å². The van der Waals surface area contributed by atoms with E-state index in [0.717, 1.165) is 11.3 Å². The van der Waals surface area contributed by atoms with Gasteiger partial charge in [0.25, 0.3) is 0 Å². The summed E-state index contributed by atoms with van der Waals surface area (Å²) in [6, 6.07) is 3.63. The molecule has 1 aromatic rings. The normalized spacial score (nSPS) is 9.38. The molecule has 0 aromatic heterocycles. The molecule has 0 heterocycles. The highest BCUT2D eigenvalue weighted by Gasteiger charge is 2.12. The van der Waals surface area contributed by atoms with E-state index < -0.39 is 0 Å². The summed E-state index contributed by atoms with van der Waals surface area (Å²) in [5.74, 6) is 2.01. The molecule has 0 amide bonds. The van der Waals surface area contributed by atoms with E-state index in [2.05, 4.69) is 4.85 Å². The minimum Gasteiger partial charge on any atom is -0.496 e. The predicted octanol–water partition coefficient (Wildman–Crippen LogP) is 2.17. The van der Waals surface area contributed by atoms with Gasteiger partial charge in [-0.2, -0.15) is 0 Å². The van der Waals surface area contributed by atoms with Gasteiger partial charge in [-0.3, -0.25) is 0 Å². The van der Waals surface area contributed by atoms with Crippen molar-refractivity contribution in [2.75, 3.05) is 27.9 Å². The third-order valence-corrected chi connectivity index (χ3v) is 2.28. The lowest BCUT2D eigenvalue weighted by Crippen LogP contribution is -1.98. The summed E-state index contributed by atoms with van der Waals surface area (Å²) < 4.78 is 15.6. The zero-order valence-electron chi connectivity index (χ0n) is 9.74. The summed E-state index contributed by atoms with van der Waals surface area (Å²) in [5.41, 5.74) is 0.955. The highest BCUT2D eigenvalue weighted by atomic mass is 16.5. The van der Waals surface area contributed by atoms with Crippen molar-refractivity contribution < 1.29 is 14.2 Å². The maximum absolute atomic E-state index is 6.78. The van der Waals surface area contributed by atoms with E-state index in [-0.39, 0.29) is 0 Å². The van der Waals surface area contributed by atoms with Crippen LogP contribution in [0.5, 0.6) is 17.2 Å². The van der Waals surface area contributed by atoms with Gasteiger partial charge in [0.05, 0.1) is 21.3 Å². The molecule has 0 saturated heterocycles. The topological polar surface area (TPSA) is 32.0 Å². The molecule has 1 rings (SSSR count). The molecule has 0 aliphatic heterocycles. The fourth-order valence-corrected chi connectivity index (χ4v) is 1.46. The molecule has 1 aromatic carbocycles. The minimum absolute atomic E-state index is 0.436. The quantitative estimate of drug-likeness (QED) is 0.714. The molecule has 0 aliphatic rings. The first-order chi connectivity index (χ1) is 7.76. The number of hydrogen-bond donors (Lipinski definition) is 0. The summed E-state index contributed by atoms with van der Waals surface area (Å²) in [4.78, 5) is 3.33. The van der Waals surface area contributed by atoms with Crippen LogP contribution in [0.4, 0.5) is 0 Å². The van der Waals surface area contributed by atoms with E-state index in [1.807, 2.05) is 6.07 Å². The molecule has 0 atom stereocenters. The lowest BCUT2D eigenvalue weighted by atomic mass is 10.1. The van der Waals surface area contributed by atoms with E-state index in [1.54, 1.807) is 27.4 Å². The van der Waals surface area contributed by atoms with E-state index in [9.17, 15) is 0 Å². The average Bonchev–Trinajstić information content (AvgIpc) is 2.35. The number of nitrogens with zero attached hydrogens (tertiary/aromatic N) is 1. The van der Waals surface area contributed by atoms with Crippen LogP contribution < -0.4 is 14.2 Å². The van der Waals surface area contributed by atoms with E-state index in [0.29, 0.717) is 24.5 Å². The van der Waals surface area contributed by atoms with Crippen molar-refractivity contribution in [1.29, 1.82) is 0 Å². The largest absolute Gasteiger partial charge is 0.496 e. The molecule has 4 heteroatoms. The maximum atomic E-state index is 6.78. The lowest BCUT2D eigenvalue weighted by Gasteiger charge is -2.12.